The van der Waals surface area contributed by atoms with Gasteiger partial charge in [-0.05, 0) is 0 Å². The first-order chi connectivity index (χ1) is 2.77. The summed E-state index contributed by atoms with van der Waals surface area (Å²) in [7, 11) is 0. The van der Waals surface area contributed by atoms with Crippen LogP contribution in [0.5, 0.6) is 0 Å². The van der Waals surface area contributed by atoms with Gasteiger partial charge >= 0.3 is 0 Å². The average molecular weight is 161 g/mol. The van der Waals surface area contributed by atoms with Crippen LogP contribution in [0, 0.1) is 0 Å². The van der Waals surface area contributed by atoms with Gasteiger partial charge in [0.15, 0.2) is 0 Å². The first kappa shape index (κ1) is 15.7. The fraction of sp³-hybridized carbons (Fsp3) is 0.667. The first-order valence-electron chi connectivity index (χ1n) is 1.75. The molecule has 0 rings (SSSR count). The Morgan fingerprint density at radius 3 is 1.75 bits per heavy atom. The summed E-state index contributed by atoms with van der Waals surface area (Å²) in [4.78, 5) is 9.74. The monoisotopic (exact) mass is 160 g/mol. The Bertz CT molecular complexity index is 59.2. The van der Waals surface area contributed by atoms with Gasteiger partial charge in [-0.25, -0.2) is 0 Å². The number of carbonyl (C=O) groups excluding carboxylic acids is 1. The van der Waals surface area contributed by atoms with Crippen molar-refractivity contribution >= 4 is 30.7 Å². The van der Waals surface area contributed by atoms with E-state index >= 15 is 0 Å². The van der Waals surface area contributed by atoms with E-state index in [-0.39, 0.29) is 30.7 Å². The largest absolute Gasteiger partial charge is 0.370 e. The molecule has 1 amide bonds. The highest BCUT2D eigenvalue weighted by Crippen LogP contribution is 1.63. The van der Waals surface area contributed by atoms with Crippen molar-refractivity contribution < 1.29 is 4.79 Å². The Labute approximate surface area is 60.6 Å². The van der Waals surface area contributed by atoms with Gasteiger partial charge in [0.25, 0.3) is 0 Å². The molecule has 0 aromatic carbocycles. The van der Waals surface area contributed by atoms with Crippen molar-refractivity contribution in [2.24, 2.45) is 11.5 Å². The number of hydrogen-bond acceptors (Lipinski definition) is 2. The van der Waals surface area contributed by atoms with Gasteiger partial charge in [-0.15, -0.1) is 24.8 Å². The maximum absolute atomic E-state index is 9.74. The van der Waals surface area contributed by atoms with Crippen molar-refractivity contribution in [1.82, 2.24) is 0 Å². The second kappa shape index (κ2) is 10.1. The van der Waals surface area contributed by atoms with Gasteiger partial charge in [0.1, 0.15) is 0 Å². The predicted molar refractivity (Wildman–Crippen MR) is 37.4 cm³/mol. The van der Waals surface area contributed by atoms with E-state index in [1.54, 1.807) is 0 Å². The molecule has 3 nitrogen and oxygen atoms in total. The van der Waals surface area contributed by atoms with Crippen LogP contribution >= 0.6 is 24.8 Å². The average Bonchev–Trinajstić information content (AvgIpc) is 1.35. The van der Waals surface area contributed by atoms with Gasteiger partial charge in [0, 0.05) is 13.0 Å². The zero-order chi connectivity index (χ0) is 4.99. The molecule has 4 N–H and O–H groups in total. The fourth-order valence-electron chi connectivity index (χ4n) is 0.142. The minimum atomic E-state index is -0.336. The lowest BCUT2D eigenvalue weighted by Gasteiger charge is -1.82. The van der Waals surface area contributed by atoms with Gasteiger partial charge in [0.05, 0.1) is 0 Å². The molecule has 0 bridgehead atoms. The van der Waals surface area contributed by atoms with Crippen molar-refractivity contribution in [3.05, 3.63) is 0 Å². The highest BCUT2D eigenvalue weighted by Gasteiger charge is 1.84. The maximum atomic E-state index is 9.74. The molecule has 0 fully saturated rings. The second-order valence-electron chi connectivity index (χ2n) is 1.00. The molecule has 0 spiro atoms. The van der Waals surface area contributed by atoms with Gasteiger partial charge < -0.3 is 11.5 Å². The smallest absolute Gasteiger partial charge is 0.218 e. The molecular weight excluding hydrogens is 151 g/mol. The zero-order valence-electron chi connectivity index (χ0n) is 4.29. The molecule has 0 saturated carbocycles. The molecule has 52 valence electrons. The Balaban J connectivity index is -0.000000125. The number of rotatable bonds is 2. The van der Waals surface area contributed by atoms with E-state index in [1.807, 2.05) is 0 Å². The van der Waals surface area contributed by atoms with E-state index < -0.39 is 0 Å². The zero-order valence-corrected chi connectivity index (χ0v) is 5.93. The number of amides is 1. The summed E-state index contributed by atoms with van der Waals surface area (Å²) >= 11 is 0. The van der Waals surface area contributed by atoms with Crippen molar-refractivity contribution in [2.45, 2.75) is 6.42 Å². The summed E-state index contributed by atoms with van der Waals surface area (Å²) in [5.74, 6) is -0.336. The number of primary amides is 1. The Hall–Kier alpha value is 0.01000. The topological polar surface area (TPSA) is 69.1 Å². The van der Waals surface area contributed by atoms with E-state index in [2.05, 4.69) is 5.73 Å². The van der Waals surface area contributed by atoms with Crippen molar-refractivity contribution in [1.29, 1.82) is 0 Å². The standard InChI is InChI=1S/C3H8N2O.2ClH/c4-2-1-3(5)6;;/h1-2,4H2,(H2,5,6);2*1H. The lowest BCUT2D eigenvalue weighted by atomic mass is 10.4. The summed E-state index contributed by atoms with van der Waals surface area (Å²) in [6, 6.07) is 0. The molecule has 5 heteroatoms. The summed E-state index contributed by atoms with van der Waals surface area (Å²) < 4.78 is 0. The fourth-order valence-corrected chi connectivity index (χ4v) is 0.142. The number of hydrogen-bond donors (Lipinski definition) is 2. The molecule has 0 radical (unpaired) electrons. The van der Waals surface area contributed by atoms with E-state index in [9.17, 15) is 4.79 Å². The van der Waals surface area contributed by atoms with Crippen LogP contribution in [0.4, 0.5) is 0 Å². The molecule has 0 aliphatic carbocycles. The third kappa shape index (κ3) is 16.7. The highest BCUT2D eigenvalue weighted by molar-refractivity contribution is 5.85. The minimum absolute atomic E-state index is 0. The van der Waals surface area contributed by atoms with Gasteiger partial charge in [0.2, 0.25) is 5.91 Å². The highest BCUT2D eigenvalue weighted by atomic mass is 35.5. The molecule has 0 aliphatic rings. The van der Waals surface area contributed by atoms with Crippen LogP contribution in [0.2, 0.25) is 0 Å². The summed E-state index contributed by atoms with van der Waals surface area (Å²) in [5, 5.41) is 0. The lowest BCUT2D eigenvalue weighted by Crippen LogP contribution is -2.15. The molecule has 0 atom stereocenters. The predicted octanol–water partition coefficient (Wildman–Crippen LogP) is -0.336. The molecule has 0 aromatic rings. The maximum Gasteiger partial charge on any atom is 0.218 e. The molecule has 0 heterocycles. The summed E-state index contributed by atoms with van der Waals surface area (Å²) in [6.07, 6.45) is 0.292. The molecule has 0 aromatic heterocycles. The lowest BCUT2D eigenvalue weighted by molar-refractivity contribution is -0.117. The van der Waals surface area contributed by atoms with Crippen LogP contribution in [0.1, 0.15) is 6.42 Å². The third-order valence-electron chi connectivity index (χ3n) is 0.391. The molecule has 8 heavy (non-hydrogen) atoms. The van der Waals surface area contributed by atoms with Crippen LogP contribution in [-0.2, 0) is 4.79 Å². The third-order valence-corrected chi connectivity index (χ3v) is 0.391. The Kier molecular flexibility index (Phi) is 19.8. The van der Waals surface area contributed by atoms with Crippen molar-refractivity contribution in [3.63, 3.8) is 0 Å². The van der Waals surface area contributed by atoms with E-state index in [4.69, 9.17) is 5.73 Å². The van der Waals surface area contributed by atoms with Crippen LogP contribution in [-0.4, -0.2) is 12.5 Å². The van der Waals surface area contributed by atoms with E-state index in [0.717, 1.165) is 0 Å². The van der Waals surface area contributed by atoms with E-state index in [0.29, 0.717) is 13.0 Å². The number of carbonyl (C=O) groups is 1. The van der Waals surface area contributed by atoms with Crippen LogP contribution in [0.25, 0.3) is 0 Å². The van der Waals surface area contributed by atoms with Crippen molar-refractivity contribution in [3.8, 4) is 0 Å². The van der Waals surface area contributed by atoms with Crippen LogP contribution in [0.15, 0.2) is 0 Å². The van der Waals surface area contributed by atoms with Gasteiger partial charge in [-0.2, -0.15) is 0 Å². The quantitative estimate of drug-likeness (QED) is 0.581. The van der Waals surface area contributed by atoms with Gasteiger partial charge in [-0.3, -0.25) is 4.79 Å². The Morgan fingerprint density at radius 2 is 1.75 bits per heavy atom. The van der Waals surface area contributed by atoms with Crippen LogP contribution < -0.4 is 11.5 Å². The molecule has 0 saturated heterocycles. The SMILES string of the molecule is Cl.Cl.NCCC(N)=O. The number of halogens is 2. The second-order valence-corrected chi connectivity index (χ2v) is 1.00. The van der Waals surface area contributed by atoms with Crippen LogP contribution in [0.3, 0.4) is 0 Å². The van der Waals surface area contributed by atoms with Gasteiger partial charge in [-0.1, -0.05) is 0 Å². The van der Waals surface area contributed by atoms with Crippen molar-refractivity contribution in [2.75, 3.05) is 6.54 Å². The number of nitrogens with two attached hydrogens (primary N) is 2. The summed E-state index contributed by atoms with van der Waals surface area (Å²) in [6.45, 7) is 0.356. The minimum Gasteiger partial charge on any atom is -0.370 e. The molecular formula is C3H10Cl2N2O. The van der Waals surface area contributed by atoms with E-state index in [1.165, 1.54) is 0 Å². The molecule has 0 aliphatic heterocycles. The normalized spacial score (nSPS) is 6.12. The summed E-state index contributed by atoms with van der Waals surface area (Å²) in [5.41, 5.74) is 9.61. The first-order valence-corrected chi connectivity index (χ1v) is 1.75. The molecule has 0 unspecified atom stereocenters. The Morgan fingerprint density at radius 1 is 1.38 bits per heavy atom.